The van der Waals surface area contributed by atoms with Gasteiger partial charge in [0, 0.05) is 21.5 Å². The second-order valence-corrected chi connectivity index (χ2v) is 7.01. The fourth-order valence-electron chi connectivity index (χ4n) is 2.16. The Morgan fingerprint density at radius 1 is 1.38 bits per heavy atom. The predicted molar refractivity (Wildman–Crippen MR) is 68.7 cm³/mol. The smallest absolute Gasteiger partial charge is 0.263 e. The zero-order chi connectivity index (χ0) is 11.4. The number of aromatic nitrogens is 2. The average molecular weight is 252 g/mol. The van der Waals surface area contributed by atoms with Crippen molar-refractivity contribution >= 4 is 34.0 Å². The molecule has 0 N–H and O–H groups in total. The van der Waals surface area contributed by atoms with Crippen LogP contribution in [0.5, 0.6) is 0 Å². The van der Waals surface area contributed by atoms with Gasteiger partial charge in [-0.1, -0.05) is 18.7 Å². The summed E-state index contributed by atoms with van der Waals surface area (Å²) in [7, 11) is 0. The van der Waals surface area contributed by atoms with Crippen LogP contribution in [0.2, 0.25) is 0 Å². The largest absolute Gasteiger partial charge is 0.286 e. The van der Waals surface area contributed by atoms with Gasteiger partial charge >= 0.3 is 0 Å². The normalized spacial score (nSPS) is 19.3. The van der Waals surface area contributed by atoms with E-state index in [1.54, 1.807) is 23.1 Å². The molecule has 2 aromatic heterocycles. The second kappa shape index (κ2) is 3.34. The molecule has 0 amide bonds. The standard InChI is InChI=1S/C11H12N2OS2/c1-5-4-13-10(14)8-6(2)16-7(3)9(8)12-11(13)15-5/h5H,4H2,1-3H3. The Labute approximate surface area is 102 Å². The van der Waals surface area contributed by atoms with Gasteiger partial charge in [0.1, 0.15) is 0 Å². The van der Waals surface area contributed by atoms with E-state index in [9.17, 15) is 4.79 Å². The molecule has 2 aromatic rings. The fraction of sp³-hybridized carbons (Fsp3) is 0.455. The van der Waals surface area contributed by atoms with Crippen molar-refractivity contribution in [3.63, 3.8) is 0 Å². The molecule has 0 saturated carbocycles. The number of rotatable bonds is 0. The maximum Gasteiger partial charge on any atom is 0.263 e. The molecule has 0 radical (unpaired) electrons. The summed E-state index contributed by atoms with van der Waals surface area (Å²) >= 11 is 3.36. The van der Waals surface area contributed by atoms with Crippen molar-refractivity contribution in [1.82, 2.24) is 9.55 Å². The van der Waals surface area contributed by atoms with E-state index in [2.05, 4.69) is 11.9 Å². The highest BCUT2D eigenvalue weighted by atomic mass is 32.2. The van der Waals surface area contributed by atoms with Crippen LogP contribution in [0.25, 0.3) is 10.9 Å². The van der Waals surface area contributed by atoms with Crippen LogP contribution in [-0.4, -0.2) is 14.8 Å². The third-order valence-corrected chi connectivity index (χ3v) is 4.96. The van der Waals surface area contributed by atoms with E-state index in [0.29, 0.717) is 5.25 Å². The molecule has 0 saturated heterocycles. The van der Waals surface area contributed by atoms with Gasteiger partial charge in [-0.05, 0) is 13.8 Å². The van der Waals surface area contributed by atoms with E-state index < -0.39 is 0 Å². The molecular formula is C11H12N2OS2. The lowest BCUT2D eigenvalue weighted by Crippen LogP contribution is -2.21. The van der Waals surface area contributed by atoms with Gasteiger partial charge < -0.3 is 0 Å². The summed E-state index contributed by atoms with van der Waals surface area (Å²) in [5.41, 5.74) is 1.04. The first-order chi connectivity index (χ1) is 7.58. The molecule has 1 aliphatic heterocycles. The van der Waals surface area contributed by atoms with Crippen molar-refractivity contribution in [2.75, 3.05) is 0 Å². The minimum atomic E-state index is 0.138. The number of nitrogens with zero attached hydrogens (tertiary/aromatic N) is 2. The molecule has 3 nitrogen and oxygen atoms in total. The van der Waals surface area contributed by atoms with Crippen molar-refractivity contribution in [2.24, 2.45) is 0 Å². The van der Waals surface area contributed by atoms with Crippen LogP contribution in [0.3, 0.4) is 0 Å². The van der Waals surface area contributed by atoms with Crippen molar-refractivity contribution in [3.8, 4) is 0 Å². The molecule has 84 valence electrons. The maximum absolute atomic E-state index is 12.3. The van der Waals surface area contributed by atoms with E-state index >= 15 is 0 Å². The summed E-state index contributed by atoms with van der Waals surface area (Å²) in [6, 6.07) is 0. The first kappa shape index (κ1) is 10.4. The van der Waals surface area contributed by atoms with Crippen LogP contribution >= 0.6 is 23.1 Å². The van der Waals surface area contributed by atoms with Gasteiger partial charge in [-0.2, -0.15) is 0 Å². The van der Waals surface area contributed by atoms with Crippen LogP contribution < -0.4 is 5.56 Å². The topological polar surface area (TPSA) is 34.9 Å². The van der Waals surface area contributed by atoms with Crippen LogP contribution in [0.1, 0.15) is 16.7 Å². The fourth-order valence-corrected chi connectivity index (χ4v) is 4.16. The monoisotopic (exact) mass is 252 g/mol. The molecule has 0 aromatic carbocycles. The molecule has 1 aliphatic rings. The molecule has 1 atom stereocenters. The highest BCUT2D eigenvalue weighted by Gasteiger charge is 2.24. The Bertz CT molecular complexity index is 641. The number of aryl methyl sites for hydroxylation is 2. The lowest BCUT2D eigenvalue weighted by Gasteiger charge is -2.01. The lowest BCUT2D eigenvalue weighted by atomic mass is 10.3. The van der Waals surface area contributed by atoms with Crippen LogP contribution in [0, 0.1) is 13.8 Å². The highest BCUT2D eigenvalue weighted by Crippen LogP contribution is 2.33. The number of hydrogen-bond acceptors (Lipinski definition) is 4. The Morgan fingerprint density at radius 2 is 2.12 bits per heavy atom. The van der Waals surface area contributed by atoms with E-state index in [-0.39, 0.29) is 5.56 Å². The van der Waals surface area contributed by atoms with Gasteiger partial charge in [0.05, 0.1) is 10.9 Å². The van der Waals surface area contributed by atoms with Gasteiger partial charge in [-0.3, -0.25) is 9.36 Å². The van der Waals surface area contributed by atoms with Gasteiger partial charge in [0.2, 0.25) is 0 Å². The van der Waals surface area contributed by atoms with Gasteiger partial charge in [0.15, 0.2) is 5.16 Å². The molecule has 16 heavy (non-hydrogen) atoms. The van der Waals surface area contributed by atoms with E-state index in [1.165, 1.54) is 0 Å². The quantitative estimate of drug-likeness (QED) is 0.676. The number of hydrogen-bond donors (Lipinski definition) is 0. The summed E-state index contributed by atoms with van der Waals surface area (Å²) in [6.07, 6.45) is 0. The third kappa shape index (κ3) is 1.28. The number of thioether (sulfide) groups is 1. The van der Waals surface area contributed by atoms with Crippen molar-refractivity contribution in [1.29, 1.82) is 0 Å². The van der Waals surface area contributed by atoms with E-state index in [1.807, 2.05) is 18.4 Å². The summed E-state index contributed by atoms with van der Waals surface area (Å²) < 4.78 is 1.82. The van der Waals surface area contributed by atoms with Crippen LogP contribution in [0.4, 0.5) is 0 Å². The molecule has 3 rings (SSSR count). The zero-order valence-corrected chi connectivity index (χ0v) is 11.0. The molecule has 5 heteroatoms. The second-order valence-electron chi connectivity index (χ2n) is 4.18. The average Bonchev–Trinajstić information content (AvgIpc) is 2.69. The molecule has 0 aliphatic carbocycles. The third-order valence-electron chi connectivity index (χ3n) is 2.87. The summed E-state index contributed by atoms with van der Waals surface area (Å²) in [5.74, 6) is 0. The summed E-state index contributed by atoms with van der Waals surface area (Å²) in [4.78, 5) is 19.2. The summed E-state index contributed by atoms with van der Waals surface area (Å²) in [5, 5.41) is 2.16. The van der Waals surface area contributed by atoms with Crippen molar-refractivity contribution < 1.29 is 0 Å². The van der Waals surface area contributed by atoms with Gasteiger partial charge in [0.25, 0.3) is 5.56 Å². The first-order valence-electron chi connectivity index (χ1n) is 5.25. The summed E-state index contributed by atoms with van der Waals surface area (Å²) in [6.45, 7) is 6.95. The highest BCUT2D eigenvalue weighted by molar-refractivity contribution is 7.99. The van der Waals surface area contributed by atoms with Crippen molar-refractivity contribution in [2.45, 2.75) is 37.7 Å². The van der Waals surface area contributed by atoms with E-state index in [4.69, 9.17) is 0 Å². The predicted octanol–water partition coefficient (Wildman–Crippen LogP) is 2.57. The Kier molecular flexibility index (Phi) is 2.16. The molecule has 0 fully saturated rings. The molecule has 0 spiro atoms. The van der Waals surface area contributed by atoms with Crippen LogP contribution in [-0.2, 0) is 6.54 Å². The minimum Gasteiger partial charge on any atom is -0.286 e. The first-order valence-corrected chi connectivity index (χ1v) is 6.94. The van der Waals surface area contributed by atoms with Crippen LogP contribution in [0.15, 0.2) is 9.95 Å². The van der Waals surface area contributed by atoms with E-state index in [0.717, 1.165) is 32.4 Å². The molecule has 3 heterocycles. The zero-order valence-electron chi connectivity index (χ0n) is 9.40. The Morgan fingerprint density at radius 3 is 2.88 bits per heavy atom. The molecular weight excluding hydrogens is 240 g/mol. The van der Waals surface area contributed by atoms with Gasteiger partial charge in [-0.15, -0.1) is 11.3 Å². The number of thiophene rings is 1. The Hall–Kier alpha value is -0.810. The Balaban J connectivity index is 2.45. The maximum atomic E-state index is 12.3. The van der Waals surface area contributed by atoms with Gasteiger partial charge in [-0.25, -0.2) is 4.98 Å². The number of fused-ring (bicyclic) bond motifs is 2. The lowest BCUT2D eigenvalue weighted by molar-refractivity contribution is 0.629. The molecule has 0 bridgehead atoms. The van der Waals surface area contributed by atoms with Crippen molar-refractivity contribution in [3.05, 3.63) is 20.1 Å². The molecule has 1 unspecified atom stereocenters. The minimum absolute atomic E-state index is 0.138. The SMILES string of the molecule is Cc1sc(C)c2c(=O)n3c(nc12)SC(C)C3.